The highest BCUT2D eigenvalue weighted by molar-refractivity contribution is 9.10. The average Bonchev–Trinajstić information content (AvgIpc) is 2.04. The number of hydrogen-bond donors (Lipinski definition) is 1. The SMILES string of the molecule is N#Cc1cccc([14C](=O)O)c1Br. The number of benzene rings is 1. The fraction of sp³-hybridized carbons (Fsp3) is 0. The van der Waals surface area contributed by atoms with Gasteiger partial charge in [0.2, 0.25) is 0 Å². The number of carboxylic acids is 1. The quantitative estimate of drug-likeness (QED) is 0.799. The van der Waals surface area contributed by atoms with E-state index in [0.717, 1.165) is 0 Å². The molecule has 3 nitrogen and oxygen atoms in total. The van der Waals surface area contributed by atoms with Crippen LogP contribution in [-0.4, -0.2) is 11.1 Å². The highest BCUT2D eigenvalue weighted by atomic mass is 79.9. The van der Waals surface area contributed by atoms with E-state index in [1.54, 1.807) is 6.07 Å². The third-order valence-electron chi connectivity index (χ3n) is 1.35. The second-order valence-corrected chi connectivity index (χ2v) is 2.88. The number of halogens is 1. The van der Waals surface area contributed by atoms with Gasteiger partial charge < -0.3 is 5.11 Å². The van der Waals surface area contributed by atoms with Gasteiger partial charge in [0, 0.05) is 4.47 Å². The molecule has 0 heterocycles. The van der Waals surface area contributed by atoms with E-state index >= 15 is 0 Å². The Balaban J connectivity index is 3.35. The normalized spacial score (nSPS) is 9.00. The molecule has 0 spiro atoms. The lowest BCUT2D eigenvalue weighted by Crippen LogP contribution is -1.98. The molecule has 0 aliphatic rings. The van der Waals surface area contributed by atoms with E-state index in [9.17, 15) is 4.79 Å². The van der Waals surface area contributed by atoms with Crippen LogP contribution in [0.3, 0.4) is 0 Å². The molecule has 0 unspecified atom stereocenters. The van der Waals surface area contributed by atoms with Crippen molar-refractivity contribution >= 4 is 21.9 Å². The van der Waals surface area contributed by atoms with Gasteiger partial charge in [0.15, 0.2) is 0 Å². The first-order chi connectivity index (χ1) is 5.66. The lowest BCUT2D eigenvalue weighted by molar-refractivity contribution is 0.0696. The van der Waals surface area contributed by atoms with Crippen LogP contribution in [0.15, 0.2) is 22.7 Å². The lowest BCUT2D eigenvalue weighted by Gasteiger charge is -1.98. The van der Waals surface area contributed by atoms with Gasteiger partial charge in [-0.25, -0.2) is 4.79 Å². The Kier molecular flexibility index (Phi) is 2.46. The minimum Gasteiger partial charge on any atom is -0.478 e. The van der Waals surface area contributed by atoms with Crippen molar-refractivity contribution in [3.05, 3.63) is 33.8 Å². The molecule has 4 heteroatoms. The minimum absolute atomic E-state index is 0.106. The summed E-state index contributed by atoms with van der Waals surface area (Å²) in [7, 11) is 0. The molecule has 1 aromatic carbocycles. The Labute approximate surface area is 77.4 Å². The largest absolute Gasteiger partial charge is 0.478 e. The molecule has 0 radical (unpaired) electrons. The van der Waals surface area contributed by atoms with Crippen LogP contribution in [-0.2, 0) is 0 Å². The summed E-state index contributed by atoms with van der Waals surface area (Å²) in [6, 6.07) is 6.40. The summed E-state index contributed by atoms with van der Waals surface area (Å²) in [5.41, 5.74) is 0.434. The summed E-state index contributed by atoms with van der Waals surface area (Å²) in [5.74, 6) is -1.04. The van der Waals surface area contributed by atoms with Crippen LogP contribution in [0.5, 0.6) is 0 Å². The molecule has 1 aromatic rings. The van der Waals surface area contributed by atoms with Crippen LogP contribution in [0.25, 0.3) is 0 Å². The number of rotatable bonds is 1. The van der Waals surface area contributed by atoms with Crippen LogP contribution < -0.4 is 0 Å². The standard InChI is InChI=1S/C8H4BrNO2/c9-7-5(4-10)2-1-3-6(7)8(11)12/h1-3H,(H,11,12)/i8+2. The van der Waals surface area contributed by atoms with E-state index in [1.807, 2.05) is 6.07 Å². The van der Waals surface area contributed by atoms with Crippen molar-refractivity contribution in [3.8, 4) is 6.07 Å². The zero-order valence-corrected chi connectivity index (χ0v) is 7.50. The van der Waals surface area contributed by atoms with Crippen molar-refractivity contribution in [1.29, 1.82) is 5.26 Å². The minimum atomic E-state index is -1.04. The van der Waals surface area contributed by atoms with Gasteiger partial charge in [-0.1, -0.05) is 6.07 Å². The number of nitriles is 1. The molecule has 0 atom stereocenters. The lowest BCUT2D eigenvalue weighted by atomic mass is 10.2. The molecular weight excluding hydrogens is 224 g/mol. The number of carbonyl (C=O) groups is 1. The van der Waals surface area contributed by atoms with Gasteiger partial charge >= 0.3 is 5.97 Å². The van der Waals surface area contributed by atoms with E-state index in [1.165, 1.54) is 12.1 Å². The van der Waals surface area contributed by atoms with Gasteiger partial charge in [-0.15, -0.1) is 0 Å². The average molecular weight is 228 g/mol. The van der Waals surface area contributed by atoms with Crippen molar-refractivity contribution in [2.24, 2.45) is 0 Å². The first kappa shape index (κ1) is 8.75. The summed E-state index contributed by atoms with van der Waals surface area (Å²) in [6.45, 7) is 0. The summed E-state index contributed by atoms with van der Waals surface area (Å²) in [5, 5.41) is 17.2. The van der Waals surface area contributed by atoms with E-state index in [-0.39, 0.29) is 5.56 Å². The van der Waals surface area contributed by atoms with Crippen LogP contribution in [0, 0.1) is 11.3 Å². The van der Waals surface area contributed by atoms with Gasteiger partial charge in [0.25, 0.3) is 0 Å². The van der Waals surface area contributed by atoms with Crippen LogP contribution in [0.4, 0.5) is 0 Å². The molecular formula is C8H4BrNO2. The third-order valence-corrected chi connectivity index (χ3v) is 2.20. The van der Waals surface area contributed by atoms with Gasteiger partial charge in [-0.2, -0.15) is 5.26 Å². The predicted octanol–water partition coefficient (Wildman–Crippen LogP) is 2.02. The molecule has 1 N–H and O–H groups in total. The molecule has 12 heavy (non-hydrogen) atoms. The Morgan fingerprint density at radius 3 is 2.75 bits per heavy atom. The molecule has 0 bridgehead atoms. The van der Waals surface area contributed by atoms with Gasteiger partial charge in [-0.05, 0) is 28.1 Å². The van der Waals surface area contributed by atoms with E-state index in [0.29, 0.717) is 10.0 Å². The molecule has 0 fully saturated rings. The predicted molar refractivity (Wildman–Crippen MR) is 45.8 cm³/mol. The molecule has 0 aliphatic heterocycles. The third kappa shape index (κ3) is 1.46. The number of nitrogens with zero attached hydrogens (tertiary/aromatic N) is 1. The number of carboxylic acid groups (broad SMARTS) is 1. The fourth-order valence-electron chi connectivity index (χ4n) is 0.783. The Hall–Kier alpha value is -1.34. The molecule has 0 amide bonds. The zero-order valence-electron chi connectivity index (χ0n) is 5.91. The van der Waals surface area contributed by atoms with Gasteiger partial charge in [0.05, 0.1) is 11.1 Å². The van der Waals surface area contributed by atoms with E-state index < -0.39 is 5.97 Å². The second kappa shape index (κ2) is 3.37. The summed E-state index contributed by atoms with van der Waals surface area (Å²) in [6.07, 6.45) is 0. The maximum atomic E-state index is 10.6. The number of hydrogen-bond acceptors (Lipinski definition) is 2. The van der Waals surface area contributed by atoms with Crippen molar-refractivity contribution in [2.75, 3.05) is 0 Å². The Morgan fingerprint density at radius 1 is 1.58 bits per heavy atom. The van der Waals surface area contributed by atoms with E-state index in [4.69, 9.17) is 10.4 Å². The monoisotopic (exact) mass is 227 g/mol. The van der Waals surface area contributed by atoms with Crippen molar-refractivity contribution in [3.63, 3.8) is 0 Å². The Bertz CT molecular complexity index is 368. The molecule has 0 aliphatic carbocycles. The maximum absolute atomic E-state index is 10.6. The van der Waals surface area contributed by atoms with Crippen molar-refractivity contribution in [2.45, 2.75) is 0 Å². The smallest absolute Gasteiger partial charge is 0.336 e. The van der Waals surface area contributed by atoms with Crippen LogP contribution >= 0.6 is 15.9 Å². The highest BCUT2D eigenvalue weighted by Crippen LogP contribution is 2.20. The van der Waals surface area contributed by atoms with Crippen LogP contribution in [0.2, 0.25) is 0 Å². The summed E-state index contributed by atoms with van der Waals surface area (Å²) < 4.78 is 0.333. The van der Waals surface area contributed by atoms with Crippen molar-refractivity contribution in [1.82, 2.24) is 0 Å². The van der Waals surface area contributed by atoms with Gasteiger partial charge in [0.1, 0.15) is 6.07 Å². The molecule has 0 saturated carbocycles. The number of aromatic carboxylic acids is 1. The molecule has 0 aromatic heterocycles. The van der Waals surface area contributed by atoms with E-state index in [2.05, 4.69) is 15.9 Å². The fourth-order valence-corrected chi connectivity index (χ4v) is 1.31. The summed E-state index contributed by atoms with van der Waals surface area (Å²) in [4.78, 5) is 10.6. The Morgan fingerprint density at radius 2 is 2.25 bits per heavy atom. The van der Waals surface area contributed by atoms with Crippen LogP contribution in [0.1, 0.15) is 15.9 Å². The van der Waals surface area contributed by atoms with Gasteiger partial charge in [-0.3, -0.25) is 0 Å². The topological polar surface area (TPSA) is 61.1 Å². The molecule has 1 rings (SSSR count). The maximum Gasteiger partial charge on any atom is 0.336 e. The molecule has 60 valence electrons. The first-order valence-corrected chi connectivity index (χ1v) is 3.88. The zero-order chi connectivity index (χ0) is 9.14. The van der Waals surface area contributed by atoms with Crippen molar-refractivity contribution < 1.29 is 9.90 Å². The molecule has 0 saturated heterocycles. The highest BCUT2D eigenvalue weighted by Gasteiger charge is 2.10. The first-order valence-electron chi connectivity index (χ1n) is 3.08. The second-order valence-electron chi connectivity index (χ2n) is 2.08. The summed E-state index contributed by atoms with van der Waals surface area (Å²) >= 11 is 3.04.